The lowest BCUT2D eigenvalue weighted by molar-refractivity contribution is -0.137. The van der Waals surface area contributed by atoms with E-state index in [1.54, 1.807) is 19.9 Å². The molecule has 1 aromatic heterocycles. The SMILES string of the molecule is Cc1cc(C)n(-c2ccc(C(F)(F)F)cc2NS(=O)(=O)c2ccc3c(c2)CC(=O)N3)n1. The van der Waals surface area contributed by atoms with Crippen molar-refractivity contribution in [2.75, 3.05) is 10.0 Å². The van der Waals surface area contributed by atoms with E-state index in [-0.39, 0.29) is 28.6 Å². The minimum Gasteiger partial charge on any atom is -0.326 e. The normalized spacial score (nSPS) is 13.8. The molecular formula is C20H17F3N4O3S. The minimum atomic E-state index is -4.66. The first-order valence-electron chi connectivity index (χ1n) is 9.14. The van der Waals surface area contributed by atoms with Crippen LogP contribution in [0.2, 0.25) is 0 Å². The standard InChI is InChI=1S/C20H17F3N4O3S/c1-11-7-12(2)27(25-11)18-6-3-14(20(21,22)23)10-17(18)26-31(29,30)15-4-5-16-13(8-15)9-19(28)24-16/h3-8,10,26H,9H2,1-2H3,(H,24,28). The predicted molar refractivity (Wildman–Crippen MR) is 108 cm³/mol. The molecule has 31 heavy (non-hydrogen) atoms. The molecule has 1 amide bonds. The Morgan fingerprint density at radius 3 is 2.48 bits per heavy atom. The van der Waals surface area contributed by atoms with E-state index >= 15 is 0 Å². The van der Waals surface area contributed by atoms with Crippen molar-refractivity contribution in [3.8, 4) is 5.69 Å². The highest BCUT2D eigenvalue weighted by Gasteiger charge is 2.32. The van der Waals surface area contributed by atoms with Crippen LogP contribution >= 0.6 is 0 Å². The Kier molecular flexibility index (Phi) is 4.80. The summed E-state index contributed by atoms with van der Waals surface area (Å²) in [5.74, 6) is -0.262. The average Bonchev–Trinajstić information content (AvgIpc) is 3.20. The van der Waals surface area contributed by atoms with Gasteiger partial charge in [0, 0.05) is 11.4 Å². The topological polar surface area (TPSA) is 93.1 Å². The van der Waals surface area contributed by atoms with E-state index < -0.39 is 21.8 Å². The number of nitrogens with one attached hydrogen (secondary N) is 2. The number of nitrogens with zero attached hydrogens (tertiary/aromatic N) is 2. The summed E-state index contributed by atoms with van der Waals surface area (Å²) < 4.78 is 69.5. The zero-order valence-corrected chi connectivity index (χ0v) is 17.2. The van der Waals surface area contributed by atoms with Crippen LogP contribution in [0.15, 0.2) is 47.4 Å². The third kappa shape index (κ3) is 4.00. The molecule has 11 heteroatoms. The molecule has 4 rings (SSSR count). The number of hydrogen-bond acceptors (Lipinski definition) is 4. The Labute approximate surface area is 175 Å². The number of benzene rings is 2. The first-order chi connectivity index (χ1) is 14.4. The van der Waals surface area contributed by atoms with Crippen LogP contribution in [0.25, 0.3) is 5.69 Å². The largest absolute Gasteiger partial charge is 0.416 e. The number of hydrogen-bond donors (Lipinski definition) is 2. The first kappa shape index (κ1) is 20.9. The Balaban J connectivity index is 1.80. The zero-order chi connectivity index (χ0) is 22.6. The zero-order valence-electron chi connectivity index (χ0n) is 16.4. The highest BCUT2D eigenvalue weighted by atomic mass is 32.2. The van der Waals surface area contributed by atoms with Crippen LogP contribution in [0.1, 0.15) is 22.5 Å². The van der Waals surface area contributed by atoms with Gasteiger partial charge >= 0.3 is 6.18 Å². The summed E-state index contributed by atoms with van der Waals surface area (Å²) in [5, 5.41) is 6.84. The van der Waals surface area contributed by atoms with Crippen molar-refractivity contribution in [1.29, 1.82) is 0 Å². The molecule has 2 N–H and O–H groups in total. The average molecular weight is 450 g/mol. The van der Waals surface area contributed by atoms with Crippen LogP contribution in [-0.2, 0) is 27.4 Å². The Bertz CT molecular complexity index is 1310. The molecule has 162 valence electrons. The molecule has 0 saturated carbocycles. The molecule has 1 aliphatic heterocycles. The number of halogens is 3. The van der Waals surface area contributed by atoms with Gasteiger partial charge in [-0.2, -0.15) is 18.3 Å². The molecule has 0 saturated heterocycles. The first-order valence-corrected chi connectivity index (χ1v) is 10.6. The maximum Gasteiger partial charge on any atom is 0.416 e. The van der Waals surface area contributed by atoms with Crippen LogP contribution in [0.3, 0.4) is 0 Å². The number of amides is 1. The second kappa shape index (κ2) is 7.12. The lowest BCUT2D eigenvalue weighted by Gasteiger charge is -2.17. The molecular weight excluding hydrogens is 433 g/mol. The van der Waals surface area contributed by atoms with Crippen molar-refractivity contribution in [1.82, 2.24) is 9.78 Å². The van der Waals surface area contributed by atoms with Crippen LogP contribution in [0.5, 0.6) is 0 Å². The fraction of sp³-hybridized carbons (Fsp3) is 0.200. The number of carbonyl (C=O) groups is 1. The number of fused-ring (bicyclic) bond motifs is 1. The fourth-order valence-corrected chi connectivity index (χ4v) is 4.54. The van der Waals surface area contributed by atoms with Crippen LogP contribution < -0.4 is 10.0 Å². The minimum absolute atomic E-state index is 0.0270. The number of alkyl halides is 3. The molecule has 0 bridgehead atoms. The lowest BCUT2D eigenvalue weighted by atomic mass is 10.1. The van der Waals surface area contributed by atoms with Gasteiger partial charge in [0.05, 0.1) is 33.9 Å². The molecule has 0 fully saturated rings. The van der Waals surface area contributed by atoms with E-state index in [0.717, 1.165) is 12.1 Å². The van der Waals surface area contributed by atoms with Crippen molar-refractivity contribution in [3.63, 3.8) is 0 Å². The van der Waals surface area contributed by atoms with Gasteiger partial charge in [-0.1, -0.05) is 0 Å². The quantitative estimate of drug-likeness (QED) is 0.632. The molecule has 0 unspecified atom stereocenters. The van der Waals surface area contributed by atoms with E-state index in [9.17, 15) is 26.4 Å². The summed E-state index contributed by atoms with van der Waals surface area (Å²) in [4.78, 5) is 11.4. The monoisotopic (exact) mass is 450 g/mol. The predicted octanol–water partition coefficient (Wildman–Crippen LogP) is 3.80. The number of anilines is 2. The summed E-state index contributed by atoms with van der Waals surface area (Å²) in [7, 11) is -4.25. The fourth-order valence-electron chi connectivity index (χ4n) is 3.43. The van der Waals surface area contributed by atoms with Crippen LogP contribution in [-0.4, -0.2) is 24.1 Å². The smallest absolute Gasteiger partial charge is 0.326 e. The second-order valence-corrected chi connectivity index (χ2v) is 8.90. The van der Waals surface area contributed by atoms with Gasteiger partial charge in [-0.15, -0.1) is 0 Å². The number of aromatic nitrogens is 2. The maximum atomic E-state index is 13.3. The van der Waals surface area contributed by atoms with E-state index in [2.05, 4.69) is 15.1 Å². The van der Waals surface area contributed by atoms with E-state index in [1.807, 2.05) is 0 Å². The van der Waals surface area contributed by atoms with Crippen LogP contribution in [0.4, 0.5) is 24.5 Å². The van der Waals surface area contributed by atoms with Gasteiger partial charge in [-0.3, -0.25) is 9.52 Å². The van der Waals surface area contributed by atoms with E-state index in [0.29, 0.717) is 22.6 Å². The van der Waals surface area contributed by atoms with Gasteiger partial charge in [0.15, 0.2) is 0 Å². The Morgan fingerprint density at radius 2 is 1.84 bits per heavy atom. The van der Waals surface area contributed by atoms with Gasteiger partial charge in [-0.05, 0) is 61.9 Å². The third-order valence-electron chi connectivity index (χ3n) is 4.82. The van der Waals surface area contributed by atoms with E-state index in [1.165, 1.54) is 28.9 Å². The van der Waals surface area contributed by atoms with Crippen molar-refractivity contribution in [2.45, 2.75) is 31.3 Å². The van der Waals surface area contributed by atoms with Gasteiger partial charge in [0.25, 0.3) is 10.0 Å². The van der Waals surface area contributed by atoms with Gasteiger partial charge in [0.1, 0.15) is 0 Å². The van der Waals surface area contributed by atoms with Crippen molar-refractivity contribution >= 4 is 27.3 Å². The molecule has 2 aromatic carbocycles. The second-order valence-electron chi connectivity index (χ2n) is 7.22. The van der Waals surface area contributed by atoms with Gasteiger partial charge in [0.2, 0.25) is 5.91 Å². The highest BCUT2D eigenvalue weighted by molar-refractivity contribution is 7.92. The van der Waals surface area contributed by atoms with Crippen molar-refractivity contribution in [3.05, 3.63) is 65.0 Å². The molecule has 0 spiro atoms. The van der Waals surface area contributed by atoms with Crippen molar-refractivity contribution in [2.24, 2.45) is 0 Å². The molecule has 3 aromatic rings. The number of carbonyl (C=O) groups excluding carboxylic acids is 1. The lowest BCUT2D eigenvalue weighted by Crippen LogP contribution is -2.17. The number of rotatable bonds is 4. The maximum absolute atomic E-state index is 13.3. The van der Waals surface area contributed by atoms with Crippen molar-refractivity contribution < 1.29 is 26.4 Å². The summed E-state index contributed by atoms with van der Waals surface area (Å²) in [6.45, 7) is 3.43. The molecule has 2 heterocycles. The molecule has 1 aliphatic rings. The number of aryl methyl sites for hydroxylation is 2. The Morgan fingerprint density at radius 1 is 1.10 bits per heavy atom. The summed E-state index contributed by atoms with van der Waals surface area (Å²) in [6, 6.07) is 8.56. The van der Waals surface area contributed by atoms with Crippen LogP contribution in [0, 0.1) is 13.8 Å². The summed E-state index contributed by atoms with van der Waals surface area (Å²) >= 11 is 0. The molecule has 0 atom stereocenters. The summed E-state index contributed by atoms with van der Waals surface area (Å²) in [6.07, 6.45) is -4.63. The third-order valence-corrected chi connectivity index (χ3v) is 6.18. The van der Waals surface area contributed by atoms with Gasteiger partial charge in [-0.25, -0.2) is 13.1 Å². The molecule has 0 radical (unpaired) electrons. The van der Waals surface area contributed by atoms with Gasteiger partial charge < -0.3 is 5.32 Å². The number of sulfonamides is 1. The summed E-state index contributed by atoms with van der Waals surface area (Å²) in [5.41, 5.74) is 1.14. The molecule has 7 nitrogen and oxygen atoms in total. The van der Waals surface area contributed by atoms with E-state index in [4.69, 9.17) is 0 Å². The molecule has 0 aliphatic carbocycles. The Hall–Kier alpha value is -3.34. The highest BCUT2D eigenvalue weighted by Crippen LogP contribution is 2.35.